The van der Waals surface area contributed by atoms with E-state index in [1.165, 1.54) is 37.3 Å². The molecule has 1 atom stereocenters. The lowest BCUT2D eigenvalue weighted by Crippen LogP contribution is -3.06. The number of hydrogen-bond donors (Lipinski definition) is 1. The van der Waals surface area contributed by atoms with Gasteiger partial charge >= 0.3 is 0 Å². The molecule has 0 aliphatic heterocycles. The predicted molar refractivity (Wildman–Crippen MR) is 41.3 cm³/mol. The second-order valence-electron chi connectivity index (χ2n) is 2.60. The Kier molecular flexibility index (Phi) is 6.06. The number of hydrogen-bond acceptors (Lipinski definition) is 0. The van der Waals surface area contributed by atoms with E-state index >= 15 is 0 Å². The second-order valence-corrected chi connectivity index (χ2v) is 2.60. The largest absolute Gasteiger partial charge is 0.468 e. The Morgan fingerprint density at radius 1 is 1.11 bits per heavy atom. The Hall–Kier alpha value is -0.0400. The van der Waals surface area contributed by atoms with E-state index in [1.807, 2.05) is 0 Å². The summed E-state index contributed by atoms with van der Waals surface area (Å²) in [6.07, 6.45) is 3.87. The van der Waals surface area contributed by atoms with Crippen LogP contribution in [0, 0.1) is 7.05 Å². The molecule has 0 saturated carbocycles. The molecule has 0 radical (unpaired) electrons. The lowest BCUT2D eigenvalue weighted by atomic mass is 10.3. The van der Waals surface area contributed by atoms with Crippen molar-refractivity contribution in [2.75, 3.05) is 13.1 Å². The molecule has 0 spiro atoms. The summed E-state index contributed by atoms with van der Waals surface area (Å²) in [5.74, 6) is 0. The van der Waals surface area contributed by atoms with E-state index in [9.17, 15) is 0 Å². The summed E-state index contributed by atoms with van der Waals surface area (Å²) >= 11 is 0. The molecule has 0 rings (SSSR count). The zero-order valence-corrected chi connectivity index (χ0v) is 6.74. The molecular formula is C8H19N. The fourth-order valence-electron chi connectivity index (χ4n) is 0.905. The Labute approximate surface area is 59.1 Å². The van der Waals surface area contributed by atoms with E-state index in [2.05, 4.69) is 20.9 Å². The van der Waals surface area contributed by atoms with Gasteiger partial charge in [-0.05, 0) is 12.8 Å². The molecule has 0 bridgehead atoms. The highest BCUT2D eigenvalue weighted by molar-refractivity contribution is 4.30. The maximum absolute atomic E-state index is 3.98. The van der Waals surface area contributed by atoms with Crippen LogP contribution in [0.25, 0.3) is 0 Å². The van der Waals surface area contributed by atoms with Crippen molar-refractivity contribution >= 4 is 0 Å². The number of unbranched alkanes of at least 4 members (excludes halogenated alkanes) is 1. The SMILES string of the molecule is [CH2-][NH+](CCC)CCCC. The summed E-state index contributed by atoms with van der Waals surface area (Å²) in [4.78, 5) is 1.43. The molecule has 1 nitrogen and oxygen atoms in total. The molecule has 1 unspecified atom stereocenters. The lowest BCUT2D eigenvalue weighted by Gasteiger charge is -2.19. The van der Waals surface area contributed by atoms with Crippen molar-refractivity contribution in [3.63, 3.8) is 0 Å². The summed E-state index contributed by atoms with van der Waals surface area (Å²) in [7, 11) is 3.98. The fourth-order valence-corrected chi connectivity index (χ4v) is 0.905. The van der Waals surface area contributed by atoms with E-state index in [4.69, 9.17) is 0 Å². The molecule has 0 heterocycles. The van der Waals surface area contributed by atoms with Crippen LogP contribution in [0.2, 0.25) is 0 Å². The van der Waals surface area contributed by atoms with E-state index < -0.39 is 0 Å². The zero-order chi connectivity index (χ0) is 7.11. The first kappa shape index (κ1) is 8.96. The number of rotatable bonds is 5. The Bertz CT molecular complexity index is 52.5. The van der Waals surface area contributed by atoms with Crippen LogP contribution in [0.15, 0.2) is 0 Å². The van der Waals surface area contributed by atoms with Crippen LogP contribution >= 0.6 is 0 Å². The van der Waals surface area contributed by atoms with Crippen LogP contribution in [0.5, 0.6) is 0 Å². The summed E-state index contributed by atoms with van der Waals surface area (Å²) in [6, 6.07) is 0. The predicted octanol–water partition coefficient (Wildman–Crippen LogP) is 0.873. The monoisotopic (exact) mass is 129 g/mol. The molecule has 0 amide bonds. The minimum Gasteiger partial charge on any atom is -0.468 e. The average molecular weight is 129 g/mol. The standard InChI is InChI=1S/C8H19N/c1-4-6-8-9(3)7-5-2/h9H,3-8H2,1-2H3. The lowest BCUT2D eigenvalue weighted by molar-refractivity contribution is -0.854. The maximum Gasteiger partial charge on any atom is 0.0530 e. The van der Waals surface area contributed by atoms with Crippen LogP contribution in [-0.2, 0) is 0 Å². The Balaban J connectivity index is 2.95. The van der Waals surface area contributed by atoms with Crippen LogP contribution in [0.1, 0.15) is 33.1 Å². The van der Waals surface area contributed by atoms with E-state index in [0.717, 1.165) is 0 Å². The summed E-state index contributed by atoms with van der Waals surface area (Å²) < 4.78 is 0. The van der Waals surface area contributed by atoms with Gasteiger partial charge in [-0.2, -0.15) is 7.05 Å². The van der Waals surface area contributed by atoms with Crippen LogP contribution < -0.4 is 4.90 Å². The van der Waals surface area contributed by atoms with Gasteiger partial charge < -0.3 is 4.90 Å². The molecule has 0 aliphatic carbocycles. The Morgan fingerprint density at radius 2 is 1.78 bits per heavy atom. The van der Waals surface area contributed by atoms with Gasteiger partial charge in [0.15, 0.2) is 0 Å². The molecule has 0 aliphatic rings. The van der Waals surface area contributed by atoms with Gasteiger partial charge in [0, 0.05) is 0 Å². The number of nitrogens with one attached hydrogen (secondary N) is 1. The Morgan fingerprint density at radius 3 is 2.22 bits per heavy atom. The third-order valence-electron chi connectivity index (χ3n) is 1.49. The minimum atomic E-state index is 1.22. The minimum absolute atomic E-state index is 1.22. The molecule has 0 saturated heterocycles. The van der Waals surface area contributed by atoms with Gasteiger partial charge in [0.25, 0.3) is 0 Å². The van der Waals surface area contributed by atoms with Crippen molar-refractivity contribution in [3.05, 3.63) is 7.05 Å². The highest BCUT2D eigenvalue weighted by atomic mass is 15.1. The molecule has 1 heteroatoms. The smallest absolute Gasteiger partial charge is 0.0530 e. The van der Waals surface area contributed by atoms with Gasteiger partial charge in [-0.3, -0.25) is 0 Å². The topological polar surface area (TPSA) is 4.44 Å². The van der Waals surface area contributed by atoms with E-state index in [-0.39, 0.29) is 0 Å². The first-order chi connectivity index (χ1) is 4.31. The maximum atomic E-state index is 3.98. The molecule has 56 valence electrons. The molecule has 0 aromatic heterocycles. The van der Waals surface area contributed by atoms with Crippen molar-refractivity contribution in [2.24, 2.45) is 0 Å². The van der Waals surface area contributed by atoms with Crippen molar-refractivity contribution in [1.29, 1.82) is 0 Å². The highest BCUT2D eigenvalue weighted by Gasteiger charge is 1.90. The summed E-state index contributed by atoms with van der Waals surface area (Å²) in [5, 5.41) is 0. The quantitative estimate of drug-likeness (QED) is 0.525. The van der Waals surface area contributed by atoms with Gasteiger partial charge in [0.1, 0.15) is 0 Å². The highest BCUT2D eigenvalue weighted by Crippen LogP contribution is 1.78. The average Bonchev–Trinajstić information content (AvgIpc) is 1.85. The third kappa shape index (κ3) is 5.84. The van der Waals surface area contributed by atoms with Gasteiger partial charge in [-0.25, -0.2) is 0 Å². The molecule has 1 N–H and O–H groups in total. The third-order valence-corrected chi connectivity index (χ3v) is 1.49. The first-order valence-electron chi connectivity index (χ1n) is 3.97. The molecule has 9 heavy (non-hydrogen) atoms. The van der Waals surface area contributed by atoms with Crippen LogP contribution in [-0.4, -0.2) is 13.1 Å². The van der Waals surface area contributed by atoms with Crippen molar-refractivity contribution in [3.8, 4) is 0 Å². The van der Waals surface area contributed by atoms with Crippen molar-refractivity contribution in [2.45, 2.75) is 33.1 Å². The van der Waals surface area contributed by atoms with Gasteiger partial charge in [0.05, 0.1) is 13.1 Å². The van der Waals surface area contributed by atoms with Crippen molar-refractivity contribution < 1.29 is 4.90 Å². The molecular weight excluding hydrogens is 110 g/mol. The molecule has 0 fully saturated rings. The fraction of sp³-hybridized carbons (Fsp3) is 0.875. The van der Waals surface area contributed by atoms with Gasteiger partial charge in [-0.15, -0.1) is 0 Å². The zero-order valence-electron chi connectivity index (χ0n) is 6.74. The first-order valence-corrected chi connectivity index (χ1v) is 3.97. The number of quaternary nitrogens is 1. The second kappa shape index (κ2) is 6.09. The van der Waals surface area contributed by atoms with Crippen molar-refractivity contribution in [1.82, 2.24) is 0 Å². The van der Waals surface area contributed by atoms with Crippen LogP contribution in [0.3, 0.4) is 0 Å². The summed E-state index contributed by atoms with van der Waals surface area (Å²) in [5.41, 5.74) is 0. The van der Waals surface area contributed by atoms with Gasteiger partial charge in [-0.1, -0.05) is 20.3 Å². The normalized spacial score (nSPS) is 13.7. The summed E-state index contributed by atoms with van der Waals surface area (Å²) in [6.45, 7) is 6.89. The van der Waals surface area contributed by atoms with E-state index in [1.54, 1.807) is 0 Å². The van der Waals surface area contributed by atoms with Gasteiger partial charge in [0.2, 0.25) is 0 Å². The van der Waals surface area contributed by atoms with E-state index in [0.29, 0.717) is 0 Å². The van der Waals surface area contributed by atoms with Crippen LogP contribution in [0.4, 0.5) is 0 Å². The molecule has 0 aromatic carbocycles. The molecule has 0 aromatic rings.